The average Bonchev–Trinajstić information content (AvgIpc) is 3.36. The van der Waals surface area contributed by atoms with E-state index in [1.54, 1.807) is 0 Å². The molecule has 9 aromatic carbocycles. The molecule has 0 radical (unpaired) electrons. The van der Waals surface area contributed by atoms with Crippen LogP contribution in [0.2, 0.25) is 39.3 Å². The van der Waals surface area contributed by atoms with Crippen molar-refractivity contribution in [1.29, 1.82) is 0 Å². The summed E-state index contributed by atoms with van der Waals surface area (Å²) in [5.74, 6) is 0. The zero-order valence-electron chi connectivity index (χ0n) is 40.9. The quantitative estimate of drug-likeness (QED) is 0.0996. The number of para-hydroxylation sites is 2. The maximum atomic E-state index is 2.54. The van der Waals surface area contributed by atoms with Gasteiger partial charge in [-0.15, -0.1) is 0 Å². The Morgan fingerprint density at radius 1 is 0.309 bits per heavy atom. The van der Waals surface area contributed by atoms with Gasteiger partial charge in [-0.25, -0.2) is 0 Å². The lowest BCUT2D eigenvalue weighted by Gasteiger charge is -2.30. The van der Waals surface area contributed by atoms with E-state index < -0.39 is 16.1 Å². The van der Waals surface area contributed by atoms with E-state index in [1.807, 2.05) is 0 Å². The zero-order chi connectivity index (χ0) is 46.6. The lowest BCUT2D eigenvalue weighted by atomic mass is 9.79. The number of hydrogen-bond acceptors (Lipinski definition) is 2. The summed E-state index contributed by atoms with van der Waals surface area (Å²) in [6.45, 7) is 14.6. The molecule has 2 nitrogen and oxygen atoms in total. The highest BCUT2D eigenvalue weighted by molar-refractivity contribution is 6.89. The number of fused-ring (bicyclic) bond motifs is 4. The van der Waals surface area contributed by atoms with Gasteiger partial charge in [0, 0.05) is 34.1 Å². The van der Waals surface area contributed by atoms with Crippen molar-refractivity contribution in [2.24, 2.45) is 0 Å². The largest absolute Gasteiger partial charge is 0.310 e. The molecule has 4 heteroatoms. The number of hydrogen-bond donors (Lipinski definition) is 0. The third-order valence-corrected chi connectivity index (χ3v) is 19.1. The Labute approximate surface area is 407 Å². The molecule has 0 heterocycles. The third-order valence-electron chi connectivity index (χ3n) is 14.9. The number of anilines is 6. The molecule has 0 aliphatic heterocycles. The van der Waals surface area contributed by atoms with Gasteiger partial charge in [0.05, 0.1) is 16.1 Å². The summed E-state index contributed by atoms with van der Waals surface area (Å²) in [6, 6.07) is 70.0. The summed E-state index contributed by atoms with van der Waals surface area (Å²) >= 11 is 0. The standard InChI is InChI=1S/C64H64N2Si2/c1-67(2,3)53-37-31-49(32-38-53)65(47-23-9-7-10-24-47)51-35-41-59-61(43-51)63(57-29-17-21-45-19-13-15-27-55(45)57)60-42-36-52(44-62(60)64(59)58-30-18-22-46-20-14-16-28-56(46)58)66(48-25-11-8-12-26-48)50-33-39-54(40-34-50)68(4,5)6/h7-12,17-18,21-26,29-44H,13-16,19-20,27-28H2,1-6H3. The maximum Gasteiger partial charge on any atom is 0.0775 e. The van der Waals surface area contributed by atoms with Crippen molar-refractivity contribution in [1.82, 2.24) is 0 Å². The van der Waals surface area contributed by atoms with Gasteiger partial charge in [-0.2, -0.15) is 0 Å². The van der Waals surface area contributed by atoms with E-state index in [9.17, 15) is 0 Å². The molecule has 2 aliphatic rings. The normalized spacial score (nSPS) is 13.9. The second-order valence-electron chi connectivity index (χ2n) is 21.4. The molecule has 0 fully saturated rings. The summed E-state index contributed by atoms with van der Waals surface area (Å²) in [5, 5.41) is 8.19. The molecule has 0 bridgehead atoms. The van der Waals surface area contributed by atoms with Gasteiger partial charge in [0.15, 0.2) is 0 Å². The molecule has 0 N–H and O–H groups in total. The molecule has 338 valence electrons. The first-order valence-corrected chi connectivity index (χ1v) is 32.2. The molecule has 0 saturated heterocycles. The topological polar surface area (TPSA) is 6.48 Å². The Bertz CT molecular complexity index is 3060. The minimum Gasteiger partial charge on any atom is -0.310 e. The predicted octanol–water partition coefficient (Wildman–Crippen LogP) is 17.1. The summed E-state index contributed by atoms with van der Waals surface area (Å²) in [7, 11) is -3.00. The highest BCUT2D eigenvalue weighted by Gasteiger charge is 2.27. The van der Waals surface area contributed by atoms with Crippen LogP contribution in [0, 0.1) is 0 Å². The fraction of sp³-hybridized carbons (Fsp3) is 0.219. The van der Waals surface area contributed by atoms with E-state index >= 15 is 0 Å². The first-order chi connectivity index (χ1) is 33.0. The van der Waals surface area contributed by atoms with Crippen molar-refractivity contribution in [2.75, 3.05) is 9.80 Å². The van der Waals surface area contributed by atoms with Gasteiger partial charge in [0.25, 0.3) is 0 Å². The van der Waals surface area contributed by atoms with Gasteiger partial charge in [0.1, 0.15) is 0 Å². The van der Waals surface area contributed by atoms with Crippen LogP contribution < -0.4 is 20.2 Å². The van der Waals surface area contributed by atoms with E-state index in [0.717, 1.165) is 37.1 Å². The van der Waals surface area contributed by atoms with Gasteiger partial charge in [-0.3, -0.25) is 0 Å². The molecule has 68 heavy (non-hydrogen) atoms. The molecule has 0 amide bonds. The fourth-order valence-corrected chi connectivity index (χ4v) is 13.7. The van der Waals surface area contributed by atoms with Crippen LogP contribution in [0.1, 0.15) is 47.9 Å². The number of rotatable bonds is 10. The van der Waals surface area contributed by atoms with Crippen molar-refractivity contribution in [2.45, 2.75) is 90.6 Å². The van der Waals surface area contributed by atoms with Crippen molar-refractivity contribution in [3.8, 4) is 22.3 Å². The van der Waals surface area contributed by atoms with Crippen LogP contribution in [-0.4, -0.2) is 16.1 Å². The van der Waals surface area contributed by atoms with E-state index in [1.165, 1.54) is 125 Å². The summed E-state index contributed by atoms with van der Waals surface area (Å²) in [6.07, 6.45) is 9.44. The molecule has 0 unspecified atom stereocenters. The Morgan fingerprint density at radius 2 is 0.662 bits per heavy atom. The number of benzene rings is 9. The average molecular weight is 917 g/mol. The first kappa shape index (κ1) is 44.1. The van der Waals surface area contributed by atoms with Crippen molar-refractivity contribution < 1.29 is 0 Å². The van der Waals surface area contributed by atoms with Crippen molar-refractivity contribution in [3.63, 3.8) is 0 Å². The van der Waals surface area contributed by atoms with Gasteiger partial charge < -0.3 is 9.80 Å². The number of nitrogens with zero attached hydrogens (tertiary/aromatic N) is 2. The molecular formula is C64H64N2Si2. The molecule has 0 saturated carbocycles. The minimum absolute atomic E-state index is 1.11. The Kier molecular flexibility index (Phi) is 11.6. The molecule has 2 aliphatic carbocycles. The van der Waals surface area contributed by atoms with E-state index in [0.29, 0.717) is 0 Å². The van der Waals surface area contributed by atoms with Crippen LogP contribution in [0.25, 0.3) is 43.8 Å². The SMILES string of the molecule is C[Si](C)(C)c1ccc(N(c2ccccc2)c2ccc3c(-c4cccc5c4CCCC5)c4cc(N(c5ccccc5)c5ccc([Si](C)(C)C)cc5)ccc4c(-c4cccc5c4CCCC5)c3c2)cc1. The van der Waals surface area contributed by atoms with Crippen LogP contribution in [-0.2, 0) is 25.7 Å². The Hall–Kier alpha value is -6.47. The molecule has 11 rings (SSSR count). The zero-order valence-corrected chi connectivity index (χ0v) is 42.9. The third kappa shape index (κ3) is 8.22. The Balaban J connectivity index is 1.24. The highest BCUT2D eigenvalue weighted by atomic mass is 28.3. The van der Waals surface area contributed by atoms with Crippen molar-refractivity contribution in [3.05, 3.63) is 204 Å². The van der Waals surface area contributed by atoms with Crippen LogP contribution in [0.3, 0.4) is 0 Å². The van der Waals surface area contributed by atoms with Gasteiger partial charge >= 0.3 is 0 Å². The van der Waals surface area contributed by atoms with Crippen LogP contribution in [0.15, 0.2) is 182 Å². The maximum absolute atomic E-state index is 2.54. The molecule has 0 spiro atoms. The smallest absolute Gasteiger partial charge is 0.0775 e. The van der Waals surface area contributed by atoms with Crippen LogP contribution in [0.5, 0.6) is 0 Å². The van der Waals surface area contributed by atoms with E-state index in [2.05, 4.69) is 231 Å². The predicted molar refractivity (Wildman–Crippen MR) is 301 cm³/mol. The summed E-state index contributed by atoms with van der Waals surface area (Å²) in [4.78, 5) is 4.94. The van der Waals surface area contributed by atoms with Crippen LogP contribution >= 0.6 is 0 Å². The molecule has 0 atom stereocenters. The summed E-state index contributed by atoms with van der Waals surface area (Å²) in [5.41, 5.74) is 18.6. The van der Waals surface area contributed by atoms with Gasteiger partial charge in [0.2, 0.25) is 0 Å². The second kappa shape index (κ2) is 17.9. The van der Waals surface area contributed by atoms with Gasteiger partial charge in [-0.1, -0.05) is 159 Å². The van der Waals surface area contributed by atoms with Crippen LogP contribution in [0.4, 0.5) is 34.1 Å². The fourth-order valence-electron chi connectivity index (χ4n) is 11.4. The monoisotopic (exact) mass is 916 g/mol. The highest BCUT2D eigenvalue weighted by Crippen LogP contribution is 2.50. The molecule has 0 aromatic heterocycles. The van der Waals surface area contributed by atoms with Crippen molar-refractivity contribution >= 4 is 82.2 Å². The number of aryl methyl sites for hydroxylation is 2. The van der Waals surface area contributed by atoms with E-state index in [4.69, 9.17) is 0 Å². The van der Waals surface area contributed by atoms with E-state index in [-0.39, 0.29) is 0 Å². The minimum atomic E-state index is -1.50. The summed E-state index contributed by atoms with van der Waals surface area (Å²) < 4.78 is 0. The Morgan fingerprint density at radius 3 is 1.04 bits per heavy atom. The molecule has 9 aromatic rings. The van der Waals surface area contributed by atoms with Gasteiger partial charge in [-0.05, 0) is 190 Å². The first-order valence-electron chi connectivity index (χ1n) is 25.2. The lowest BCUT2D eigenvalue weighted by Crippen LogP contribution is -2.37. The second-order valence-corrected chi connectivity index (χ2v) is 31.6. The lowest BCUT2D eigenvalue weighted by molar-refractivity contribution is 0.687. The molecular weight excluding hydrogens is 853 g/mol.